The molecule has 0 aliphatic rings. The van der Waals surface area contributed by atoms with E-state index in [1.165, 1.54) is 6.07 Å². The molecule has 4 nitrogen and oxygen atoms in total. The molecule has 0 saturated heterocycles. The van der Waals surface area contributed by atoms with Crippen molar-refractivity contribution in [3.8, 4) is 5.75 Å². The third kappa shape index (κ3) is 2.59. The van der Waals surface area contributed by atoms with Gasteiger partial charge in [-0.3, -0.25) is 4.79 Å². The Labute approximate surface area is 118 Å². The van der Waals surface area contributed by atoms with Crippen LogP contribution in [0.25, 0.3) is 0 Å². The largest absolute Gasteiger partial charge is 0.508 e. The Morgan fingerprint density at radius 1 is 1.10 bits per heavy atom. The maximum absolute atomic E-state index is 12.3. The van der Waals surface area contributed by atoms with Crippen molar-refractivity contribution in [3.05, 3.63) is 52.6 Å². The van der Waals surface area contributed by atoms with E-state index in [0.717, 1.165) is 16.8 Å². The van der Waals surface area contributed by atoms with E-state index in [-0.39, 0.29) is 11.7 Å². The molecule has 0 aromatic heterocycles. The molecule has 104 valence electrons. The lowest BCUT2D eigenvalue weighted by Gasteiger charge is -2.13. The summed E-state index contributed by atoms with van der Waals surface area (Å²) in [6.45, 7) is 5.55. The Morgan fingerprint density at radius 2 is 1.80 bits per heavy atom. The first-order chi connectivity index (χ1) is 9.40. The van der Waals surface area contributed by atoms with Gasteiger partial charge in [0.1, 0.15) is 5.75 Å². The van der Waals surface area contributed by atoms with Crippen LogP contribution in [0.5, 0.6) is 5.75 Å². The normalized spacial score (nSPS) is 10.3. The molecule has 2 aromatic rings. The van der Waals surface area contributed by atoms with Crippen molar-refractivity contribution in [1.82, 2.24) is 0 Å². The molecule has 20 heavy (non-hydrogen) atoms. The van der Waals surface area contributed by atoms with Crippen LogP contribution >= 0.6 is 0 Å². The number of benzene rings is 2. The molecule has 0 aliphatic heterocycles. The smallest absolute Gasteiger partial charge is 0.255 e. The number of phenols is 1. The average Bonchev–Trinajstić information content (AvgIpc) is 2.42. The second-order valence-electron chi connectivity index (χ2n) is 4.93. The second-order valence-corrected chi connectivity index (χ2v) is 4.93. The lowest BCUT2D eigenvalue weighted by molar-refractivity contribution is 0.102. The number of carbonyl (C=O) groups is 1. The minimum atomic E-state index is -0.218. The minimum Gasteiger partial charge on any atom is -0.508 e. The Balaban J connectivity index is 2.32. The number of nitrogens with one attached hydrogen (secondary N) is 1. The zero-order valence-corrected chi connectivity index (χ0v) is 11.8. The average molecular weight is 270 g/mol. The fraction of sp³-hybridized carbons (Fsp3) is 0.188. The van der Waals surface area contributed by atoms with Gasteiger partial charge in [-0.25, -0.2) is 0 Å². The number of anilines is 2. The quantitative estimate of drug-likeness (QED) is 0.734. The summed E-state index contributed by atoms with van der Waals surface area (Å²) in [7, 11) is 0. The van der Waals surface area contributed by atoms with Crippen LogP contribution in [0.15, 0.2) is 30.3 Å². The maximum atomic E-state index is 12.3. The molecule has 0 bridgehead atoms. The van der Waals surface area contributed by atoms with Gasteiger partial charge in [-0.2, -0.15) is 0 Å². The number of hydrogen-bond acceptors (Lipinski definition) is 3. The minimum absolute atomic E-state index is 0.179. The number of nitrogen functional groups attached to an aromatic ring is 1. The van der Waals surface area contributed by atoms with E-state index in [0.29, 0.717) is 16.8 Å². The van der Waals surface area contributed by atoms with E-state index < -0.39 is 0 Å². The lowest BCUT2D eigenvalue weighted by atomic mass is 10.1. The summed E-state index contributed by atoms with van der Waals surface area (Å²) in [5, 5.41) is 12.4. The number of aryl methyl sites for hydroxylation is 2. The monoisotopic (exact) mass is 270 g/mol. The number of aromatic hydroxyl groups is 1. The third-order valence-electron chi connectivity index (χ3n) is 3.41. The fourth-order valence-corrected chi connectivity index (χ4v) is 2.04. The summed E-state index contributed by atoms with van der Waals surface area (Å²) >= 11 is 0. The number of rotatable bonds is 2. The van der Waals surface area contributed by atoms with Gasteiger partial charge in [-0.05, 0) is 61.7 Å². The summed E-state index contributed by atoms with van der Waals surface area (Å²) in [6, 6.07) is 8.46. The van der Waals surface area contributed by atoms with Crippen molar-refractivity contribution in [3.63, 3.8) is 0 Å². The van der Waals surface area contributed by atoms with Gasteiger partial charge in [0.25, 0.3) is 5.91 Å². The van der Waals surface area contributed by atoms with Gasteiger partial charge in [0, 0.05) is 16.9 Å². The first-order valence-electron chi connectivity index (χ1n) is 6.37. The van der Waals surface area contributed by atoms with Crippen molar-refractivity contribution in [1.29, 1.82) is 0 Å². The topological polar surface area (TPSA) is 75.4 Å². The fourth-order valence-electron chi connectivity index (χ4n) is 2.04. The van der Waals surface area contributed by atoms with Gasteiger partial charge in [0.05, 0.1) is 0 Å². The van der Waals surface area contributed by atoms with Crippen LogP contribution in [0.3, 0.4) is 0 Å². The highest BCUT2D eigenvalue weighted by Crippen LogP contribution is 2.26. The molecule has 2 rings (SSSR count). The molecule has 0 aliphatic carbocycles. The summed E-state index contributed by atoms with van der Waals surface area (Å²) in [5.74, 6) is -0.0391. The molecule has 0 heterocycles. The van der Waals surface area contributed by atoms with Crippen LogP contribution in [-0.4, -0.2) is 11.0 Å². The Morgan fingerprint density at radius 3 is 2.45 bits per heavy atom. The number of amides is 1. The molecule has 0 fully saturated rings. The van der Waals surface area contributed by atoms with Gasteiger partial charge >= 0.3 is 0 Å². The van der Waals surface area contributed by atoms with Crippen LogP contribution < -0.4 is 11.1 Å². The standard InChI is InChI=1S/C16H18N2O2/c1-9-4-6-13(17)11(3)15(9)18-16(20)12-5-7-14(19)10(2)8-12/h4-8,19H,17H2,1-3H3,(H,18,20). The Hall–Kier alpha value is -2.49. The van der Waals surface area contributed by atoms with Crippen LogP contribution in [0.2, 0.25) is 0 Å². The SMILES string of the molecule is Cc1cc(C(=O)Nc2c(C)ccc(N)c2C)ccc1O. The van der Waals surface area contributed by atoms with E-state index in [1.807, 2.05) is 26.0 Å². The molecular weight excluding hydrogens is 252 g/mol. The van der Waals surface area contributed by atoms with Crippen molar-refractivity contribution in [2.24, 2.45) is 0 Å². The molecule has 4 heteroatoms. The highest BCUT2D eigenvalue weighted by Gasteiger charge is 2.12. The number of carbonyl (C=O) groups excluding carboxylic acids is 1. The van der Waals surface area contributed by atoms with E-state index in [1.54, 1.807) is 19.1 Å². The molecule has 0 unspecified atom stereocenters. The molecule has 0 saturated carbocycles. The van der Waals surface area contributed by atoms with Crippen LogP contribution in [0, 0.1) is 20.8 Å². The highest BCUT2D eigenvalue weighted by atomic mass is 16.3. The molecule has 2 aromatic carbocycles. The van der Waals surface area contributed by atoms with Crippen LogP contribution in [0.4, 0.5) is 11.4 Å². The van der Waals surface area contributed by atoms with Crippen molar-refractivity contribution >= 4 is 17.3 Å². The first-order valence-corrected chi connectivity index (χ1v) is 6.37. The maximum Gasteiger partial charge on any atom is 0.255 e. The summed E-state index contributed by atoms with van der Waals surface area (Å²) in [4.78, 5) is 12.3. The van der Waals surface area contributed by atoms with Gasteiger partial charge in [0.15, 0.2) is 0 Å². The molecule has 1 amide bonds. The molecule has 0 spiro atoms. The molecular formula is C16H18N2O2. The lowest BCUT2D eigenvalue weighted by Crippen LogP contribution is -2.14. The first kappa shape index (κ1) is 13.9. The number of phenolic OH excluding ortho intramolecular Hbond substituents is 1. The van der Waals surface area contributed by atoms with Crippen LogP contribution in [0.1, 0.15) is 27.0 Å². The van der Waals surface area contributed by atoms with Gasteiger partial charge in [-0.15, -0.1) is 0 Å². The number of hydrogen-bond donors (Lipinski definition) is 3. The van der Waals surface area contributed by atoms with Gasteiger partial charge in [-0.1, -0.05) is 6.07 Å². The predicted octanol–water partition coefficient (Wildman–Crippen LogP) is 3.15. The van der Waals surface area contributed by atoms with Crippen molar-refractivity contribution in [2.45, 2.75) is 20.8 Å². The van der Waals surface area contributed by atoms with Gasteiger partial charge in [0.2, 0.25) is 0 Å². The summed E-state index contributed by atoms with van der Waals surface area (Å²) < 4.78 is 0. The summed E-state index contributed by atoms with van der Waals surface area (Å²) in [5.41, 5.74) is 10.2. The Kier molecular flexibility index (Phi) is 3.66. The van der Waals surface area contributed by atoms with Crippen molar-refractivity contribution < 1.29 is 9.90 Å². The summed E-state index contributed by atoms with van der Waals surface area (Å²) in [6.07, 6.45) is 0. The van der Waals surface area contributed by atoms with E-state index in [9.17, 15) is 9.90 Å². The highest BCUT2D eigenvalue weighted by molar-refractivity contribution is 6.05. The Bertz CT molecular complexity index is 678. The predicted molar refractivity (Wildman–Crippen MR) is 81.1 cm³/mol. The van der Waals surface area contributed by atoms with E-state index in [4.69, 9.17) is 5.73 Å². The van der Waals surface area contributed by atoms with Crippen LogP contribution in [-0.2, 0) is 0 Å². The van der Waals surface area contributed by atoms with Crippen molar-refractivity contribution in [2.75, 3.05) is 11.1 Å². The molecule has 0 atom stereocenters. The van der Waals surface area contributed by atoms with E-state index in [2.05, 4.69) is 5.32 Å². The zero-order chi connectivity index (χ0) is 14.9. The van der Waals surface area contributed by atoms with E-state index >= 15 is 0 Å². The number of nitrogens with two attached hydrogens (primary N) is 1. The molecule has 0 radical (unpaired) electrons. The zero-order valence-electron chi connectivity index (χ0n) is 11.8. The third-order valence-corrected chi connectivity index (χ3v) is 3.41. The second kappa shape index (κ2) is 5.25. The molecule has 4 N–H and O–H groups in total. The van der Waals surface area contributed by atoms with Gasteiger partial charge < -0.3 is 16.2 Å².